The Morgan fingerprint density at radius 2 is 1.62 bits per heavy atom. The molecule has 0 aliphatic carbocycles. The van der Waals surface area contributed by atoms with E-state index in [-0.39, 0.29) is 5.25 Å². The summed E-state index contributed by atoms with van der Waals surface area (Å²) in [5.41, 5.74) is 1.85. The summed E-state index contributed by atoms with van der Waals surface area (Å²) >= 11 is 1.61. The number of fused-ring (bicyclic) bond motifs is 1. The minimum absolute atomic E-state index is 0.0450. The second-order valence-electron chi connectivity index (χ2n) is 6.04. The highest BCUT2D eigenvalue weighted by Gasteiger charge is 2.31. The SMILES string of the molecule is COc1cc2c(cc1OC)[C@@H](c1ccc(C)o1)SC(c1ccc(C)o1)=N2. The van der Waals surface area contributed by atoms with Crippen molar-refractivity contribution in [1.29, 1.82) is 0 Å². The van der Waals surface area contributed by atoms with Crippen LogP contribution in [0.25, 0.3) is 0 Å². The fourth-order valence-corrected chi connectivity index (χ4v) is 4.13. The van der Waals surface area contributed by atoms with E-state index in [9.17, 15) is 0 Å². The largest absolute Gasteiger partial charge is 0.493 e. The van der Waals surface area contributed by atoms with Crippen LogP contribution in [0.15, 0.2) is 50.2 Å². The number of nitrogens with zero attached hydrogens (tertiary/aromatic N) is 1. The molecule has 0 amide bonds. The molecule has 0 fully saturated rings. The second kappa shape index (κ2) is 6.61. The van der Waals surface area contributed by atoms with Gasteiger partial charge in [-0.3, -0.25) is 0 Å². The summed E-state index contributed by atoms with van der Waals surface area (Å²) in [7, 11) is 3.25. The lowest BCUT2D eigenvalue weighted by atomic mass is 10.1. The Labute approximate surface area is 156 Å². The van der Waals surface area contributed by atoms with Gasteiger partial charge in [0.05, 0.1) is 25.2 Å². The molecule has 26 heavy (non-hydrogen) atoms. The topological polar surface area (TPSA) is 57.1 Å². The number of hydrogen-bond donors (Lipinski definition) is 0. The molecular formula is C20H19NO4S. The number of furan rings is 2. The molecule has 0 bridgehead atoms. The van der Waals surface area contributed by atoms with Crippen LogP contribution >= 0.6 is 11.8 Å². The molecule has 6 heteroatoms. The Bertz CT molecular complexity index is 986. The summed E-state index contributed by atoms with van der Waals surface area (Å²) in [5, 5.41) is 0.772. The maximum absolute atomic E-state index is 5.92. The molecule has 4 rings (SSSR count). The number of aryl methyl sites for hydroxylation is 2. The van der Waals surface area contributed by atoms with Gasteiger partial charge in [-0.15, -0.1) is 0 Å². The third kappa shape index (κ3) is 2.90. The van der Waals surface area contributed by atoms with Crippen LogP contribution in [0.3, 0.4) is 0 Å². The molecular weight excluding hydrogens is 350 g/mol. The summed E-state index contributed by atoms with van der Waals surface area (Å²) < 4.78 is 22.6. The Hall–Kier alpha value is -2.60. The van der Waals surface area contributed by atoms with E-state index >= 15 is 0 Å². The summed E-state index contributed by atoms with van der Waals surface area (Å²) in [6.45, 7) is 3.87. The van der Waals surface area contributed by atoms with E-state index in [4.69, 9.17) is 23.3 Å². The van der Waals surface area contributed by atoms with Crippen LogP contribution in [-0.4, -0.2) is 19.3 Å². The zero-order chi connectivity index (χ0) is 18.3. The first-order valence-corrected chi connectivity index (χ1v) is 9.11. The van der Waals surface area contributed by atoms with Crippen molar-refractivity contribution < 1.29 is 18.3 Å². The van der Waals surface area contributed by atoms with Gasteiger partial charge < -0.3 is 18.3 Å². The van der Waals surface area contributed by atoms with E-state index in [1.165, 1.54) is 0 Å². The smallest absolute Gasteiger partial charge is 0.162 e. The highest BCUT2D eigenvalue weighted by Crippen LogP contribution is 2.50. The quantitative estimate of drug-likeness (QED) is 0.614. The maximum Gasteiger partial charge on any atom is 0.162 e. The van der Waals surface area contributed by atoms with Crippen LogP contribution in [0.4, 0.5) is 5.69 Å². The lowest BCUT2D eigenvalue weighted by Crippen LogP contribution is -2.08. The molecule has 0 N–H and O–H groups in total. The van der Waals surface area contributed by atoms with Gasteiger partial charge in [-0.05, 0) is 44.2 Å². The van der Waals surface area contributed by atoms with Crippen molar-refractivity contribution in [2.45, 2.75) is 19.1 Å². The predicted molar refractivity (Wildman–Crippen MR) is 102 cm³/mol. The molecule has 1 aliphatic heterocycles. The number of hydrogen-bond acceptors (Lipinski definition) is 6. The first kappa shape index (κ1) is 16.8. The normalized spacial score (nSPS) is 16.2. The van der Waals surface area contributed by atoms with Crippen molar-refractivity contribution in [3.05, 3.63) is 65.0 Å². The highest BCUT2D eigenvalue weighted by molar-refractivity contribution is 8.14. The monoisotopic (exact) mass is 369 g/mol. The van der Waals surface area contributed by atoms with Crippen molar-refractivity contribution in [3.63, 3.8) is 0 Å². The molecule has 1 atom stereocenters. The zero-order valence-electron chi connectivity index (χ0n) is 15.0. The molecule has 3 heterocycles. The fourth-order valence-electron chi connectivity index (χ4n) is 2.97. The van der Waals surface area contributed by atoms with Gasteiger partial charge in [-0.25, -0.2) is 4.99 Å². The Balaban J connectivity index is 1.88. The molecule has 5 nitrogen and oxygen atoms in total. The van der Waals surface area contributed by atoms with Crippen LogP contribution in [0.1, 0.15) is 33.9 Å². The molecule has 3 aromatic rings. The summed E-state index contributed by atoms with van der Waals surface area (Å²) in [4.78, 5) is 4.80. The molecule has 0 saturated carbocycles. The number of ether oxygens (including phenoxy) is 2. The summed E-state index contributed by atoms with van der Waals surface area (Å²) in [6, 6.07) is 11.7. The van der Waals surface area contributed by atoms with E-state index < -0.39 is 0 Å². The van der Waals surface area contributed by atoms with E-state index in [1.54, 1.807) is 26.0 Å². The average Bonchev–Trinajstić information content (AvgIpc) is 3.27. The number of aliphatic imine (C=N–C) groups is 1. The Morgan fingerprint density at radius 1 is 0.923 bits per heavy atom. The molecule has 0 unspecified atom stereocenters. The van der Waals surface area contributed by atoms with Gasteiger partial charge in [0.25, 0.3) is 0 Å². The van der Waals surface area contributed by atoms with E-state index in [1.807, 2.05) is 50.2 Å². The van der Waals surface area contributed by atoms with Gasteiger partial charge in [0.1, 0.15) is 22.3 Å². The van der Waals surface area contributed by atoms with Crippen molar-refractivity contribution in [1.82, 2.24) is 0 Å². The molecule has 2 aromatic heterocycles. The first-order valence-electron chi connectivity index (χ1n) is 8.23. The van der Waals surface area contributed by atoms with Crippen LogP contribution in [-0.2, 0) is 0 Å². The first-order chi connectivity index (χ1) is 12.6. The third-order valence-corrected chi connectivity index (χ3v) is 5.48. The molecule has 0 saturated heterocycles. The van der Waals surface area contributed by atoms with Crippen LogP contribution < -0.4 is 9.47 Å². The summed E-state index contributed by atoms with van der Waals surface area (Å²) in [6.07, 6.45) is 0. The van der Waals surface area contributed by atoms with Crippen molar-refractivity contribution in [3.8, 4) is 11.5 Å². The van der Waals surface area contributed by atoms with E-state index in [2.05, 4.69) is 0 Å². The van der Waals surface area contributed by atoms with Gasteiger partial charge in [-0.2, -0.15) is 0 Å². The molecule has 1 aliphatic rings. The average molecular weight is 369 g/mol. The summed E-state index contributed by atoms with van der Waals surface area (Å²) in [5.74, 6) is 4.67. The maximum atomic E-state index is 5.92. The van der Waals surface area contributed by atoms with Gasteiger partial charge in [-0.1, -0.05) is 11.8 Å². The number of thioether (sulfide) groups is 1. The van der Waals surface area contributed by atoms with Crippen LogP contribution in [0.5, 0.6) is 11.5 Å². The van der Waals surface area contributed by atoms with Gasteiger partial charge in [0.15, 0.2) is 17.3 Å². The van der Waals surface area contributed by atoms with Gasteiger partial charge in [0.2, 0.25) is 0 Å². The number of rotatable bonds is 4. The zero-order valence-corrected chi connectivity index (χ0v) is 15.8. The van der Waals surface area contributed by atoms with E-state index in [0.29, 0.717) is 11.5 Å². The molecule has 1 aromatic carbocycles. The van der Waals surface area contributed by atoms with Crippen LogP contribution in [0, 0.1) is 13.8 Å². The lowest BCUT2D eigenvalue weighted by molar-refractivity contribution is 0.354. The van der Waals surface area contributed by atoms with Crippen molar-refractivity contribution in [2.75, 3.05) is 14.2 Å². The minimum Gasteiger partial charge on any atom is -0.493 e. The van der Waals surface area contributed by atoms with Crippen molar-refractivity contribution in [2.24, 2.45) is 4.99 Å². The number of benzene rings is 1. The Morgan fingerprint density at radius 3 is 2.23 bits per heavy atom. The van der Waals surface area contributed by atoms with Crippen LogP contribution in [0.2, 0.25) is 0 Å². The third-order valence-electron chi connectivity index (χ3n) is 4.24. The standard InChI is InChI=1S/C20H19NO4S/c1-11-5-7-15(24-11)19-13-9-17(22-3)18(23-4)10-14(13)21-20(26-19)16-8-6-12(2)25-16/h5-10,19H,1-4H3/t19-/m0/s1. The van der Waals surface area contributed by atoms with E-state index in [0.717, 1.165) is 39.3 Å². The van der Waals surface area contributed by atoms with Gasteiger partial charge in [0, 0.05) is 11.6 Å². The fraction of sp³-hybridized carbons (Fsp3) is 0.250. The molecule has 134 valence electrons. The Kier molecular flexibility index (Phi) is 4.28. The highest BCUT2D eigenvalue weighted by atomic mass is 32.2. The second-order valence-corrected chi connectivity index (χ2v) is 7.13. The van der Waals surface area contributed by atoms with Gasteiger partial charge >= 0.3 is 0 Å². The molecule has 0 radical (unpaired) electrons. The predicted octanol–water partition coefficient (Wildman–Crippen LogP) is 5.42. The lowest BCUT2D eigenvalue weighted by Gasteiger charge is -2.23. The minimum atomic E-state index is -0.0450. The molecule has 0 spiro atoms. The number of methoxy groups -OCH3 is 2. The van der Waals surface area contributed by atoms with Crippen molar-refractivity contribution >= 4 is 22.5 Å².